The zero-order valence-corrected chi connectivity index (χ0v) is 14.7. The minimum absolute atomic E-state index is 0.0787. The van der Waals surface area contributed by atoms with Crippen LogP contribution in [0.1, 0.15) is 33.1 Å². The van der Waals surface area contributed by atoms with Gasteiger partial charge in [0.1, 0.15) is 5.82 Å². The van der Waals surface area contributed by atoms with Gasteiger partial charge in [0.15, 0.2) is 0 Å². The van der Waals surface area contributed by atoms with Crippen LogP contribution in [0.3, 0.4) is 0 Å². The van der Waals surface area contributed by atoms with Crippen LogP contribution in [-0.2, 0) is 6.54 Å². The number of rotatable bonds is 4. The van der Waals surface area contributed by atoms with Crippen LogP contribution >= 0.6 is 0 Å². The van der Waals surface area contributed by atoms with E-state index in [1.807, 2.05) is 81.4 Å². The molecule has 0 saturated carbocycles. The predicted molar refractivity (Wildman–Crippen MR) is 99.6 cm³/mol. The smallest absolute Gasteiger partial charge is 0.262 e. The molecule has 0 bridgehead atoms. The Morgan fingerprint density at radius 2 is 1.36 bits per heavy atom. The molecule has 0 aliphatic carbocycles. The number of aromatic nitrogens is 2. The summed E-state index contributed by atoms with van der Waals surface area (Å²) in [4.78, 5) is 23.9. The Morgan fingerprint density at radius 1 is 0.840 bits per heavy atom. The van der Waals surface area contributed by atoms with Crippen LogP contribution < -0.4 is 4.90 Å². The molecule has 0 N–H and O–H groups in total. The van der Waals surface area contributed by atoms with Gasteiger partial charge in [0, 0.05) is 5.69 Å². The van der Waals surface area contributed by atoms with Crippen molar-refractivity contribution >= 4 is 11.6 Å². The highest BCUT2D eigenvalue weighted by Crippen LogP contribution is 2.22. The van der Waals surface area contributed by atoms with Gasteiger partial charge in [-0.3, -0.25) is 4.79 Å². The van der Waals surface area contributed by atoms with E-state index in [-0.39, 0.29) is 5.91 Å². The van der Waals surface area contributed by atoms with Crippen molar-refractivity contribution in [2.75, 3.05) is 4.90 Å². The van der Waals surface area contributed by atoms with Gasteiger partial charge in [-0.15, -0.1) is 0 Å². The summed E-state index contributed by atoms with van der Waals surface area (Å²) in [6, 6.07) is 19.7. The molecule has 2 aromatic carbocycles. The summed E-state index contributed by atoms with van der Waals surface area (Å²) in [6.07, 6.45) is 0. The summed E-state index contributed by atoms with van der Waals surface area (Å²) in [5.41, 5.74) is 3.93. The second kappa shape index (κ2) is 7.26. The minimum atomic E-state index is -0.0787. The van der Waals surface area contributed by atoms with Gasteiger partial charge >= 0.3 is 0 Å². The van der Waals surface area contributed by atoms with Gasteiger partial charge in [-0.05, 0) is 38.5 Å². The first kappa shape index (κ1) is 16.8. The highest BCUT2D eigenvalue weighted by atomic mass is 16.2. The number of carbonyl (C=O) groups excluding carboxylic acids is 1. The molecule has 0 aliphatic rings. The monoisotopic (exact) mass is 331 g/mol. The van der Waals surface area contributed by atoms with Crippen molar-refractivity contribution in [3.8, 4) is 0 Å². The second-order valence-corrected chi connectivity index (χ2v) is 6.03. The molecule has 3 rings (SSSR count). The van der Waals surface area contributed by atoms with Crippen molar-refractivity contribution in [2.45, 2.75) is 27.3 Å². The van der Waals surface area contributed by atoms with Crippen LogP contribution in [0, 0.1) is 20.8 Å². The molecule has 1 aromatic heterocycles. The van der Waals surface area contributed by atoms with E-state index < -0.39 is 0 Å². The number of hydrogen-bond acceptors (Lipinski definition) is 3. The molecule has 1 amide bonds. The van der Waals surface area contributed by atoms with Crippen LogP contribution in [0.4, 0.5) is 5.69 Å². The number of anilines is 1. The molecule has 0 unspecified atom stereocenters. The van der Waals surface area contributed by atoms with Crippen molar-refractivity contribution in [1.29, 1.82) is 0 Å². The number of aryl methyl sites for hydroxylation is 3. The fraction of sp³-hybridized carbons (Fsp3) is 0.190. The van der Waals surface area contributed by atoms with Crippen molar-refractivity contribution in [2.24, 2.45) is 0 Å². The molecule has 0 radical (unpaired) electrons. The van der Waals surface area contributed by atoms with Crippen LogP contribution in [-0.4, -0.2) is 15.9 Å². The molecule has 0 saturated heterocycles. The van der Waals surface area contributed by atoms with E-state index in [0.29, 0.717) is 29.3 Å². The SMILES string of the molecule is Cc1nc(C)c(C(=O)N(Cc2ccccc2)c2ccccc2)c(C)n1. The first-order chi connectivity index (χ1) is 12.1. The lowest BCUT2D eigenvalue weighted by Crippen LogP contribution is -2.32. The zero-order chi connectivity index (χ0) is 17.8. The molecule has 4 nitrogen and oxygen atoms in total. The maximum Gasteiger partial charge on any atom is 0.262 e. The predicted octanol–water partition coefficient (Wildman–Crippen LogP) is 4.25. The van der Waals surface area contributed by atoms with Gasteiger partial charge in [-0.2, -0.15) is 0 Å². The minimum Gasteiger partial charge on any atom is -0.304 e. The first-order valence-electron chi connectivity index (χ1n) is 8.29. The van der Waals surface area contributed by atoms with Gasteiger partial charge in [0.2, 0.25) is 0 Å². The Morgan fingerprint density at radius 3 is 1.92 bits per heavy atom. The summed E-state index contributed by atoms with van der Waals surface area (Å²) in [6.45, 7) is 6.06. The zero-order valence-electron chi connectivity index (χ0n) is 14.7. The fourth-order valence-electron chi connectivity index (χ4n) is 2.98. The number of amides is 1. The van der Waals surface area contributed by atoms with E-state index in [2.05, 4.69) is 9.97 Å². The lowest BCUT2D eigenvalue weighted by Gasteiger charge is -2.24. The molecule has 3 aromatic rings. The fourth-order valence-corrected chi connectivity index (χ4v) is 2.98. The second-order valence-electron chi connectivity index (χ2n) is 6.03. The van der Waals surface area contributed by atoms with E-state index in [1.54, 1.807) is 4.90 Å². The molecule has 0 fully saturated rings. The standard InChI is InChI=1S/C21H21N3O/c1-15-20(16(2)23-17(3)22-15)21(25)24(19-12-8-5-9-13-19)14-18-10-6-4-7-11-18/h4-13H,14H2,1-3H3. The highest BCUT2D eigenvalue weighted by Gasteiger charge is 2.23. The van der Waals surface area contributed by atoms with Gasteiger partial charge in [0.05, 0.1) is 23.5 Å². The summed E-state index contributed by atoms with van der Waals surface area (Å²) in [7, 11) is 0. The summed E-state index contributed by atoms with van der Waals surface area (Å²) >= 11 is 0. The molecule has 126 valence electrons. The molecule has 0 aliphatic heterocycles. The highest BCUT2D eigenvalue weighted by molar-refractivity contribution is 6.07. The number of nitrogens with zero attached hydrogens (tertiary/aromatic N) is 3. The average Bonchev–Trinajstić information content (AvgIpc) is 2.60. The van der Waals surface area contributed by atoms with Crippen LogP contribution in [0.5, 0.6) is 0 Å². The van der Waals surface area contributed by atoms with E-state index in [9.17, 15) is 4.79 Å². The summed E-state index contributed by atoms with van der Waals surface area (Å²) < 4.78 is 0. The molecule has 1 heterocycles. The largest absolute Gasteiger partial charge is 0.304 e. The quantitative estimate of drug-likeness (QED) is 0.718. The molecule has 4 heteroatoms. The van der Waals surface area contributed by atoms with Gasteiger partial charge in [0.25, 0.3) is 5.91 Å². The molecule has 0 atom stereocenters. The molecular weight excluding hydrogens is 310 g/mol. The Hall–Kier alpha value is -3.01. The van der Waals surface area contributed by atoms with Crippen LogP contribution in [0.2, 0.25) is 0 Å². The molecule has 25 heavy (non-hydrogen) atoms. The number of carbonyl (C=O) groups is 1. The third kappa shape index (κ3) is 3.74. The van der Waals surface area contributed by atoms with Crippen molar-refractivity contribution in [3.05, 3.63) is 89.0 Å². The van der Waals surface area contributed by atoms with Crippen LogP contribution in [0.15, 0.2) is 60.7 Å². The van der Waals surface area contributed by atoms with Gasteiger partial charge in [-0.25, -0.2) is 9.97 Å². The summed E-state index contributed by atoms with van der Waals surface area (Å²) in [5, 5.41) is 0. The maximum absolute atomic E-state index is 13.3. The topological polar surface area (TPSA) is 46.1 Å². The van der Waals surface area contributed by atoms with E-state index >= 15 is 0 Å². The van der Waals surface area contributed by atoms with Crippen LogP contribution in [0.25, 0.3) is 0 Å². The van der Waals surface area contributed by atoms with Gasteiger partial charge < -0.3 is 4.90 Å². The molecular formula is C21H21N3O. The maximum atomic E-state index is 13.3. The number of para-hydroxylation sites is 1. The Balaban J connectivity index is 2.04. The van der Waals surface area contributed by atoms with Crippen molar-refractivity contribution in [1.82, 2.24) is 9.97 Å². The lowest BCUT2D eigenvalue weighted by molar-refractivity contribution is 0.0983. The normalized spacial score (nSPS) is 10.5. The van der Waals surface area contributed by atoms with Gasteiger partial charge in [-0.1, -0.05) is 48.5 Å². The van der Waals surface area contributed by atoms with Crippen molar-refractivity contribution in [3.63, 3.8) is 0 Å². The number of benzene rings is 2. The van der Waals surface area contributed by atoms with E-state index in [1.165, 1.54) is 0 Å². The third-order valence-corrected chi connectivity index (χ3v) is 4.09. The molecule has 0 spiro atoms. The Labute approximate surface area is 148 Å². The Bertz CT molecular complexity index is 853. The van der Waals surface area contributed by atoms with E-state index in [4.69, 9.17) is 0 Å². The van der Waals surface area contributed by atoms with Crippen molar-refractivity contribution < 1.29 is 4.79 Å². The third-order valence-electron chi connectivity index (χ3n) is 4.09. The summed E-state index contributed by atoms with van der Waals surface area (Å²) in [5.74, 6) is 0.603. The number of hydrogen-bond donors (Lipinski definition) is 0. The Kier molecular flexibility index (Phi) is 4.89. The first-order valence-corrected chi connectivity index (χ1v) is 8.29. The van der Waals surface area contributed by atoms with E-state index in [0.717, 1.165) is 11.3 Å². The lowest BCUT2D eigenvalue weighted by atomic mass is 10.1. The average molecular weight is 331 g/mol.